The van der Waals surface area contributed by atoms with E-state index in [1.54, 1.807) is 0 Å². The van der Waals surface area contributed by atoms with E-state index in [0.29, 0.717) is 23.7 Å². The first-order valence-electron chi connectivity index (χ1n) is 15.7. The quantitative estimate of drug-likeness (QED) is 0.117. The number of esters is 1. The van der Waals surface area contributed by atoms with Gasteiger partial charge in [0.15, 0.2) is 0 Å². The van der Waals surface area contributed by atoms with Gasteiger partial charge in [0.25, 0.3) is 0 Å². The molecule has 5 aliphatic carbocycles. The molecule has 0 aromatic carbocycles. The number of oxime groups is 1. The Balaban J connectivity index is 1.53. The van der Waals surface area contributed by atoms with Gasteiger partial charge in [-0.1, -0.05) is 45.0 Å². The number of hydrogen-bond acceptors (Lipinski definition) is 6. The zero-order valence-corrected chi connectivity index (χ0v) is 25.9. The fraction of sp³-hybridized carbons (Fsp3) is 0.824. The van der Waals surface area contributed by atoms with E-state index in [0.717, 1.165) is 69.9 Å². The Bertz CT molecular complexity index is 1130. The molecule has 5 fully saturated rings. The molecular weight excluding hydrogens is 502 g/mol. The van der Waals surface area contributed by atoms with Crippen molar-refractivity contribution in [2.24, 2.45) is 61.8 Å². The van der Waals surface area contributed by atoms with Crippen molar-refractivity contribution < 1.29 is 24.0 Å². The molecule has 0 bridgehead atoms. The van der Waals surface area contributed by atoms with Crippen molar-refractivity contribution in [3.63, 3.8) is 0 Å². The number of carbonyl (C=O) groups is 3. The summed E-state index contributed by atoms with van der Waals surface area (Å²) < 4.78 is 5.69. The van der Waals surface area contributed by atoms with Gasteiger partial charge in [0.2, 0.25) is 0 Å². The molecule has 0 spiro atoms. The molecule has 0 radical (unpaired) electrons. The van der Waals surface area contributed by atoms with Gasteiger partial charge in [0, 0.05) is 24.7 Å². The van der Waals surface area contributed by atoms with Crippen LogP contribution in [0.25, 0.3) is 0 Å². The van der Waals surface area contributed by atoms with Crippen LogP contribution in [0.2, 0.25) is 0 Å². The van der Waals surface area contributed by atoms with Gasteiger partial charge in [-0.2, -0.15) is 0 Å². The Kier molecular flexibility index (Phi) is 7.23. The van der Waals surface area contributed by atoms with E-state index in [2.05, 4.69) is 46.4 Å². The smallest absolute Gasteiger partial charge is 0.331 e. The molecule has 0 aromatic rings. The molecule has 5 rings (SSSR count). The number of aldehydes is 1. The minimum atomic E-state index is -0.483. The molecule has 40 heavy (non-hydrogen) atoms. The van der Waals surface area contributed by atoms with Crippen LogP contribution >= 0.6 is 0 Å². The SMILES string of the molecule is C=C(C)[C@@H]1CC[C@]2(C=O)CC[C@]3(C)[C@H](CC[C@@H]4[C@@]5(C)CC/C(=N/OC(C)=O)C(C)(COC(C)=O)[C@@H]5CC[C@]43C)[C@@H]12. The van der Waals surface area contributed by atoms with Crippen LogP contribution in [0.4, 0.5) is 0 Å². The van der Waals surface area contributed by atoms with Crippen LogP contribution < -0.4 is 0 Å². The van der Waals surface area contributed by atoms with Crippen molar-refractivity contribution in [3.8, 4) is 0 Å². The highest BCUT2D eigenvalue weighted by atomic mass is 16.7. The number of nitrogens with zero attached hydrogens (tertiary/aromatic N) is 1. The van der Waals surface area contributed by atoms with Gasteiger partial charge >= 0.3 is 11.9 Å². The molecule has 5 saturated carbocycles. The zero-order chi connectivity index (χ0) is 29.3. The first kappa shape index (κ1) is 29.5. The van der Waals surface area contributed by atoms with Gasteiger partial charge in [0.1, 0.15) is 12.9 Å². The van der Waals surface area contributed by atoms with Crippen LogP contribution in [0.3, 0.4) is 0 Å². The first-order chi connectivity index (χ1) is 18.7. The standard InChI is InChI=1S/C34H51NO5/c1-21(2)24-11-16-34(19-36)18-17-32(7)25(29(24)34)9-10-27-30(5)14-13-28(35-40-23(4)38)31(6,20-39-22(3)37)26(30)12-15-33(27,32)8/h19,24-27,29H,1,9-18,20H2,2-8H3/b35-28-/t24-,25+,26+,27+,29+,30-,31?,32+,33+,34+/m0/s1. The maximum atomic E-state index is 12.7. The van der Waals surface area contributed by atoms with Crippen molar-refractivity contribution in [1.82, 2.24) is 0 Å². The maximum Gasteiger partial charge on any atom is 0.331 e. The van der Waals surface area contributed by atoms with Gasteiger partial charge in [-0.05, 0) is 117 Å². The van der Waals surface area contributed by atoms with Crippen LogP contribution in [0, 0.1) is 56.7 Å². The highest BCUT2D eigenvalue weighted by molar-refractivity contribution is 5.91. The molecule has 222 valence electrons. The molecule has 0 saturated heterocycles. The van der Waals surface area contributed by atoms with E-state index < -0.39 is 11.4 Å². The van der Waals surface area contributed by atoms with E-state index in [9.17, 15) is 14.4 Å². The van der Waals surface area contributed by atoms with E-state index >= 15 is 0 Å². The lowest BCUT2D eigenvalue weighted by Crippen LogP contribution is -2.67. The molecule has 0 aliphatic heterocycles. The van der Waals surface area contributed by atoms with E-state index in [-0.39, 0.29) is 40.2 Å². The van der Waals surface area contributed by atoms with Gasteiger partial charge < -0.3 is 14.4 Å². The number of carbonyl (C=O) groups excluding carboxylic acids is 3. The zero-order valence-electron chi connectivity index (χ0n) is 25.9. The Labute approximate surface area is 241 Å². The molecule has 1 unspecified atom stereocenters. The lowest BCUT2D eigenvalue weighted by Gasteiger charge is -2.72. The molecular formula is C34H51NO5. The van der Waals surface area contributed by atoms with Crippen LogP contribution in [0.15, 0.2) is 17.3 Å². The van der Waals surface area contributed by atoms with Crippen LogP contribution in [0.5, 0.6) is 0 Å². The van der Waals surface area contributed by atoms with Crippen LogP contribution in [-0.2, 0) is 24.0 Å². The summed E-state index contributed by atoms with van der Waals surface area (Å²) in [5.41, 5.74) is 1.82. The highest BCUT2D eigenvalue weighted by Crippen LogP contribution is 2.77. The average Bonchev–Trinajstić information content (AvgIpc) is 3.28. The first-order valence-corrected chi connectivity index (χ1v) is 15.7. The molecule has 10 atom stereocenters. The molecule has 0 aromatic heterocycles. The van der Waals surface area contributed by atoms with Gasteiger partial charge in [0.05, 0.1) is 5.71 Å². The molecule has 0 amide bonds. The average molecular weight is 554 g/mol. The van der Waals surface area contributed by atoms with E-state index in [1.807, 2.05) is 0 Å². The Morgan fingerprint density at radius 2 is 1.62 bits per heavy atom. The normalized spacial score (nSPS) is 48.7. The molecule has 5 aliphatic rings. The Morgan fingerprint density at radius 1 is 0.900 bits per heavy atom. The number of rotatable bonds is 5. The summed E-state index contributed by atoms with van der Waals surface area (Å²) in [4.78, 5) is 41.5. The molecule has 6 heteroatoms. The van der Waals surface area contributed by atoms with E-state index in [1.165, 1.54) is 25.7 Å². The second-order valence-corrected chi connectivity index (χ2v) is 15.4. The van der Waals surface area contributed by atoms with Crippen molar-refractivity contribution in [2.45, 2.75) is 113 Å². The Hall–Kier alpha value is -1.98. The minimum Gasteiger partial charge on any atom is -0.465 e. The van der Waals surface area contributed by atoms with Gasteiger partial charge in [-0.25, -0.2) is 4.79 Å². The highest BCUT2D eigenvalue weighted by Gasteiger charge is 2.71. The second kappa shape index (κ2) is 9.80. The molecule has 0 N–H and O–H groups in total. The van der Waals surface area contributed by atoms with E-state index in [4.69, 9.17) is 9.57 Å². The second-order valence-electron chi connectivity index (χ2n) is 15.4. The topological polar surface area (TPSA) is 82.0 Å². The summed E-state index contributed by atoms with van der Waals surface area (Å²) in [6, 6.07) is 0. The van der Waals surface area contributed by atoms with Crippen molar-refractivity contribution >= 4 is 23.9 Å². The predicted molar refractivity (Wildman–Crippen MR) is 155 cm³/mol. The predicted octanol–water partition coefficient (Wildman–Crippen LogP) is 7.31. The summed E-state index contributed by atoms with van der Waals surface area (Å²) in [6.45, 7) is 19.5. The number of hydrogen-bond donors (Lipinski definition) is 0. The Morgan fingerprint density at radius 3 is 2.25 bits per heavy atom. The molecule has 0 heterocycles. The maximum absolute atomic E-state index is 12.7. The number of ether oxygens (including phenoxy) is 1. The fourth-order valence-electron chi connectivity index (χ4n) is 11.7. The lowest BCUT2D eigenvalue weighted by atomic mass is 9.32. The largest absolute Gasteiger partial charge is 0.465 e. The molecule has 6 nitrogen and oxygen atoms in total. The fourth-order valence-corrected chi connectivity index (χ4v) is 11.7. The van der Waals surface area contributed by atoms with Crippen molar-refractivity contribution in [3.05, 3.63) is 12.2 Å². The van der Waals surface area contributed by atoms with Crippen molar-refractivity contribution in [2.75, 3.05) is 6.61 Å². The van der Waals surface area contributed by atoms with Crippen molar-refractivity contribution in [1.29, 1.82) is 0 Å². The summed E-state index contributed by atoms with van der Waals surface area (Å²) in [5, 5.41) is 4.35. The van der Waals surface area contributed by atoms with Gasteiger partial charge in [-0.3, -0.25) is 4.79 Å². The lowest BCUT2D eigenvalue weighted by molar-refractivity contribution is -0.228. The third-order valence-electron chi connectivity index (χ3n) is 13.8. The number of fused-ring (bicyclic) bond motifs is 7. The van der Waals surface area contributed by atoms with Gasteiger partial charge in [-0.15, -0.1) is 0 Å². The summed E-state index contributed by atoms with van der Waals surface area (Å²) in [5.74, 6) is 1.47. The summed E-state index contributed by atoms with van der Waals surface area (Å²) in [7, 11) is 0. The third kappa shape index (κ3) is 4.01. The summed E-state index contributed by atoms with van der Waals surface area (Å²) >= 11 is 0. The monoisotopic (exact) mass is 553 g/mol. The third-order valence-corrected chi connectivity index (χ3v) is 13.8. The minimum absolute atomic E-state index is 0.0494. The van der Waals surface area contributed by atoms with Crippen LogP contribution in [0.1, 0.15) is 113 Å². The van der Waals surface area contributed by atoms with Crippen LogP contribution in [-0.4, -0.2) is 30.5 Å². The number of allylic oxidation sites excluding steroid dienone is 1. The summed E-state index contributed by atoms with van der Waals surface area (Å²) in [6.07, 6.45) is 11.8.